The van der Waals surface area contributed by atoms with Gasteiger partial charge >= 0.3 is 0 Å². The first kappa shape index (κ1) is 77.2. The third-order valence-corrected chi connectivity index (χ3v) is 29.0. The van der Waals surface area contributed by atoms with Crippen LogP contribution in [0.1, 0.15) is 9.60 Å². The van der Waals surface area contributed by atoms with Gasteiger partial charge in [0.15, 0.2) is 0 Å². The van der Waals surface area contributed by atoms with E-state index in [-0.39, 0.29) is 52.0 Å². The molecule has 0 fully saturated rings. The zero-order valence-corrected chi connectivity index (χ0v) is 78.4. The number of rotatable bonds is 14. The molecule has 0 N–H and O–H groups in total. The molecule has 0 spiro atoms. The SMILES string of the molecule is [2H]c1cc2c3c(-c4ccc5c(c4)oc4cc(N(c6ccccc6)c6ccccc6)ccc45)c(-c4ccccc4)oc3c3c([2H])c([2H])c([2H])c([2H])c3c2c([2H])c1[2H].c1ccc(-c2oc3c4ccccc4c4ccccc4c3c2-c2ccc(-c3ccc(N4c5ccccc5Sc5ccccc54)cc3)cc2)cc1.c1ccc(-c2oc3c4ccccc4c4ccccc4c3c2-c2ccc(N(c3ccccc3)c3ccccc3)c3ccccc23)cc1. The highest BCUT2D eigenvalue weighted by Crippen LogP contribution is 2.57. The maximum absolute atomic E-state index is 9.05. The summed E-state index contributed by atoms with van der Waals surface area (Å²) < 4.78 is 88.6. The Kier molecular flexibility index (Phi) is 19.3. The van der Waals surface area contributed by atoms with E-state index in [1.54, 1.807) is 0 Å². The fourth-order valence-corrected chi connectivity index (χ4v) is 22.5. The lowest BCUT2D eigenvalue weighted by atomic mass is 9.89. The van der Waals surface area contributed by atoms with Crippen LogP contribution in [0.25, 0.3) is 209 Å². The molecule has 0 saturated heterocycles. The standard InChI is InChI=1S/C46H29NO2.C46H29NOS.C44H29NO/c1-4-14-30(15-5-1)45-43(44-39-22-12-10-20-35(39)36-21-11-13-23-40(36)46(44)49-45)31-24-26-37-38-27-25-34(29-42(38)48-41(37)28-31)47(32-16-6-2-7-17-32)33-18-8-3-9-19-33;1-2-12-33(13-3-1)45-43(44-37-16-6-4-14-35(37)36-15-5-7-17-38(36)46(44)48-45)32-24-22-30(23-25-32)31-26-28-34(29-27-31)47-39-18-8-10-20-41(39)49-42-21-11-9-19-40(42)47;1-4-16-30(17-5-1)43-41(42-37-26-14-11-22-33(37)34-23-12-15-27-39(34)44(42)46-43)38-28-29-40(36-25-13-10-24-35(36)38)45(31-18-6-2-7-19-31)32-20-8-3-9-21-32/h2*1-29H;1-29H/i10D,11D,12D,13D,20D,21D,23D;;. The summed E-state index contributed by atoms with van der Waals surface area (Å²) in [6.07, 6.45) is 0. The zero-order valence-electron chi connectivity index (χ0n) is 84.6. The number of anilines is 9. The lowest BCUT2D eigenvalue weighted by Crippen LogP contribution is -2.14. The first-order valence-corrected chi connectivity index (χ1v) is 49.1. The molecule has 0 atom stereocenters. The quantitative estimate of drug-likeness (QED) is 0.0998. The summed E-state index contributed by atoms with van der Waals surface area (Å²) in [5.41, 5.74) is 24.3. The molecular formula is C136H87N3O4S. The minimum absolute atomic E-state index is 0.0838. The molecular weight excluding hydrogens is 1770 g/mol. The Morgan fingerprint density at radius 3 is 1.06 bits per heavy atom. The van der Waals surface area contributed by atoms with Crippen LogP contribution in [-0.4, -0.2) is 0 Å². The molecule has 7 nitrogen and oxygen atoms in total. The molecule has 4 aromatic heterocycles. The van der Waals surface area contributed by atoms with Gasteiger partial charge in [-0.05, 0) is 197 Å². The van der Waals surface area contributed by atoms with Crippen molar-refractivity contribution in [3.63, 3.8) is 0 Å². The van der Waals surface area contributed by atoms with E-state index in [2.05, 4.69) is 403 Å². The summed E-state index contributed by atoms with van der Waals surface area (Å²) >= 11 is 1.83. The van der Waals surface area contributed by atoms with Gasteiger partial charge in [0.25, 0.3) is 0 Å². The molecule has 0 saturated carbocycles. The van der Waals surface area contributed by atoms with Gasteiger partial charge in [0.2, 0.25) is 0 Å². The average molecular weight is 1870 g/mol. The second-order valence-electron chi connectivity index (χ2n) is 36.1. The fourth-order valence-electron chi connectivity index (χ4n) is 21.5. The van der Waals surface area contributed by atoms with Gasteiger partial charge in [-0.1, -0.05) is 418 Å². The van der Waals surface area contributed by atoms with E-state index >= 15 is 0 Å². The number of furan rings is 4. The highest BCUT2D eigenvalue weighted by molar-refractivity contribution is 7.99. The van der Waals surface area contributed by atoms with Crippen LogP contribution < -0.4 is 14.7 Å². The van der Waals surface area contributed by atoms with Gasteiger partial charge in [0.1, 0.15) is 45.2 Å². The van der Waals surface area contributed by atoms with Gasteiger partial charge in [-0.15, -0.1) is 0 Å². The number of benzene rings is 24. The van der Waals surface area contributed by atoms with E-state index < -0.39 is 12.1 Å². The molecule has 1 aliphatic rings. The summed E-state index contributed by atoms with van der Waals surface area (Å²) in [4.78, 5) is 9.43. The maximum Gasteiger partial charge on any atom is 0.143 e. The van der Waals surface area contributed by atoms with E-state index in [4.69, 9.17) is 27.3 Å². The number of hydrogen-bond acceptors (Lipinski definition) is 8. The molecule has 5 heterocycles. The molecule has 144 heavy (non-hydrogen) atoms. The number of hydrogen-bond donors (Lipinski definition) is 0. The maximum atomic E-state index is 9.05. The monoisotopic (exact) mass is 1860 g/mol. The van der Waals surface area contributed by atoms with Crippen molar-refractivity contribution >= 4 is 193 Å². The van der Waals surface area contributed by atoms with Gasteiger partial charge in [-0.25, -0.2) is 0 Å². The van der Waals surface area contributed by atoms with Crippen molar-refractivity contribution in [2.24, 2.45) is 0 Å². The number of fused-ring (bicyclic) bond motifs is 24. The van der Waals surface area contributed by atoms with Crippen molar-refractivity contribution in [1.29, 1.82) is 0 Å². The number of nitrogens with zero attached hydrogens (tertiary/aromatic N) is 3. The summed E-state index contributed by atoms with van der Waals surface area (Å²) in [5.74, 6) is 2.24. The Balaban J connectivity index is 0.000000112. The summed E-state index contributed by atoms with van der Waals surface area (Å²) in [6, 6.07) is 166. The summed E-state index contributed by atoms with van der Waals surface area (Å²) in [7, 11) is 0. The van der Waals surface area contributed by atoms with Crippen LogP contribution in [0, 0.1) is 0 Å². The van der Waals surface area contributed by atoms with Gasteiger partial charge in [0.05, 0.1) is 26.7 Å². The largest absolute Gasteiger partial charge is 0.456 e. The van der Waals surface area contributed by atoms with E-state index in [1.165, 1.54) is 81.4 Å². The summed E-state index contributed by atoms with van der Waals surface area (Å²) in [5, 5.41) is 17.3. The first-order valence-electron chi connectivity index (χ1n) is 51.8. The Labute approximate surface area is 845 Å². The summed E-state index contributed by atoms with van der Waals surface area (Å²) in [6.45, 7) is 0. The van der Waals surface area contributed by atoms with Crippen LogP contribution in [0.3, 0.4) is 0 Å². The molecule has 676 valence electrons. The Hall–Kier alpha value is -18.7. The predicted molar refractivity (Wildman–Crippen MR) is 605 cm³/mol. The second kappa shape index (κ2) is 35.9. The molecule has 28 aromatic rings. The molecule has 24 aromatic carbocycles. The van der Waals surface area contributed by atoms with E-state index in [0.29, 0.717) is 38.8 Å². The van der Waals surface area contributed by atoms with Gasteiger partial charge < -0.3 is 32.4 Å². The van der Waals surface area contributed by atoms with E-state index in [1.807, 2.05) is 103 Å². The van der Waals surface area contributed by atoms with Crippen molar-refractivity contribution in [3.8, 4) is 78.5 Å². The van der Waals surface area contributed by atoms with Crippen molar-refractivity contribution < 1.29 is 27.3 Å². The van der Waals surface area contributed by atoms with Crippen molar-refractivity contribution in [1.82, 2.24) is 0 Å². The predicted octanol–water partition coefficient (Wildman–Crippen LogP) is 39.8. The Bertz CT molecular complexity index is 10100. The van der Waals surface area contributed by atoms with Crippen LogP contribution in [0.4, 0.5) is 51.2 Å². The Morgan fingerprint density at radius 2 is 0.556 bits per heavy atom. The molecule has 0 unspecified atom stereocenters. The molecule has 0 amide bonds. The molecule has 1 aliphatic heterocycles. The minimum atomic E-state index is -0.451. The van der Waals surface area contributed by atoms with E-state index in [0.717, 1.165) is 134 Å². The molecule has 0 aliphatic carbocycles. The zero-order chi connectivity index (χ0) is 101. The van der Waals surface area contributed by atoms with Crippen molar-refractivity contribution in [2.75, 3.05) is 14.7 Å². The molecule has 0 bridgehead atoms. The second-order valence-corrected chi connectivity index (χ2v) is 37.2. The first-order chi connectivity index (χ1) is 74.4. The topological polar surface area (TPSA) is 62.3 Å². The van der Waals surface area contributed by atoms with Gasteiger partial charge in [-0.2, -0.15) is 0 Å². The third kappa shape index (κ3) is 14.6. The van der Waals surface area contributed by atoms with E-state index in [9.17, 15) is 0 Å². The number of para-hydroxylation sites is 6. The fraction of sp³-hybridized carbons (Fsp3) is 0. The lowest BCUT2D eigenvalue weighted by molar-refractivity contribution is 0.635. The van der Waals surface area contributed by atoms with Crippen molar-refractivity contribution in [3.05, 3.63) is 528 Å². The van der Waals surface area contributed by atoms with Crippen molar-refractivity contribution in [2.45, 2.75) is 9.79 Å². The average Bonchev–Trinajstić information content (AvgIpc) is 1.59. The lowest BCUT2D eigenvalue weighted by Gasteiger charge is -2.32. The van der Waals surface area contributed by atoms with Gasteiger partial charge in [-0.3, -0.25) is 0 Å². The minimum Gasteiger partial charge on any atom is -0.456 e. The van der Waals surface area contributed by atoms with Crippen LogP contribution in [0.15, 0.2) is 555 Å². The van der Waals surface area contributed by atoms with Gasteiger partial charge in [0, 0.05) is 132 Å². The normalized spacial score (nSPS) is 12.5. The van der Waals surface area contributed by atoms with Crippen LogP contribution in [0.5, 0.6) is 0 Å². The smallest absolute Gasteiger partial charge is 0.143 e. The van der Waals surface area contributed by atoms with Crippen LogP contribution in [-0.2, 0) is 0 Å². The highest BCUT2D eigenvalue weighted by atomic mass is 32.2. The van der Waals surface area contributed by atoms with Crippen LogP contribution in [0.2, 0.25) is 0 Å². The molecule has 8 heteroatoms. The third-order valence-electron chi connectivity index (χ3n) is 27.9. The molecule has 29 rings (SSSR count). The highest BCUT2D eigenvalue weighted by Gasteiger charge is 2.31. The van der Waals surface area contributed by atoms with Crippen LogP contribution >= 0.6 is 11.8 Å². The molecule has 0 radical (unpaired) electrons. The Morgan fingerprint density at radius 1 is 0.208 bits per heavy atom.